The molecule has 0 aromatic heterocycles. The van der Waals surface area contributed by atoms with E-state index < -0.39 is 27.5 Å². The second kappa shape index (κ2) is 9.06. The Labute approximate surface area is 181 Å². The van der Waals surface area contributed by atoms with Crippen LogP contribution in [0.4, 0.5) is 0 Å². The Balaban J connectivity index is 1.68. The molecule has 2 unspecified atom stereocenters. The summed E-state index contributed by atoms with van der Waals surface area (Å²) in [7, 11) is -3.31. The Morgan fingerprint density at radius 1 is 1.13 bits per heavy atom. The highest BCUT2D eigenvalue weighted by Gasteiger charge is 2.45. The number of aliphatic hydroxyl groups is 2. The summed E-state index contributed by atoms with van der Waals surface area (Å²) in [4.78, 5) is 12.7. The van der Waals surface area contributed by atoms with Gasteiger partial charge in [0.05, 0.1) is 35.3 Å². The normalized spacial score (nSPS) is 23.2. The molecule has 9 heteroatoms. The standard InChI is InChI=1S/C22H24N2O6S/c1-31(28,29)18-8-6-17(7-9-18)30-14-22(10-19(25)20(26)11-22)13-24-21(27)16-4-2-15(12-23)3-5-16/h2-9,19-20,25-26H,10-11,13-14H2,1H3,(H,24,27). The van der Waals surface area contributed by atoms with E-state index >= 15 is 0 Å². The van der Waals surface area contributed by atoms with Gasteiger partial charge >= 0.3 is 0 Å². The largest absolute Gasteiger partial charge is 0.493 e. The van der Waals surface area contributed by atoms with E-state index in [4.69, 9.17) is 10.00 Å². The number of nitrogens with one attached hydrogen (secondary N) is 1. The molecule has 31 heavy (non-hydrogen) atoms. The average molecular weight is 445 g/mol. The quantitative estimate of drug-likeness (QED) is 0.585. The summed E-state index contributed by atoms with van der Waals surface area (Å²) in [5.74, 6) is 0.110. The molecule has 3 rings (SSSR count). The highest BCUT2D eigenvalue weighted by atomic mass is 32.2. The molecule has 0 saturated heterocycles. The Morgan fingerprint density at radius 2 is 1.71 bits per heavy atom. The second-order valence-corrected chi connectivity index (χ2v) is 9.96. The van der Waals surface area contributed by atoms with Gasteiger partial charge in [0.1, 0.15) is 5.75 Å². The van der Waals surface area contributed by atoms with Gasteiger partial charge in [0.2, 0.25) is 0 Å². The number of hydrogen-bond donors (Lipinski definition) is 3. The maximum absolute atomic E-state index is 12.5. The van der Waals surface area contributed by atoms with Gasteiger partial charge in [0.25, 0.3) is 5.91 Å². The van der Waals surface area contributed by atoms with Crippen molar-refractivity contribution in [1.82, 2.24) is 5.32 Å². The number of benzene rings is 2. The van der Waals surface area contributed by atoms with Gasteiger partial charge in [-0.25, -0.2) is 8.42 Å². The topological polar surface area (TPSA) is 137 Å². The number of carbonyl (C=O) groups excluding carboxylic acids is 1. The number of sulfone groups is 1. The van der Waals surface area contributed by atoms with Crippen molar-refractivity contribution in [2.24, 2.45) is 5.41 Å². The molecule has 2 atom stereocenters. The Bertz CT molecular complexity index is 1060. The molecule has 8 nitrogen and oxygen atoms in total. The molecular weight excluding hydrogens is 420 g/mol. The van der Waals surface area contributed by atoms with E-state index in [1.807, 2.05) is 6.07 Å². The number of nitrogens with zero attached hydrogens (tertiary/aromatic N) is 1. The molecule has 2 aromatic rings. The van der Waals surface area contributed by atoms with Crippen LogP contribution in [0.5, 0.6) is 5.75 Å². The number of carbonyl (C=O) groups is 1. The average Bonchev–Trinajstić information content (AvgIpc) is 3.04. The molecule has 3 N–H and O–H groups in total. The summed E-state index contributed by atoms with van der Waals surface area (Å²) >= 11 is 0. The minimum absolute atomic E-state index is 0.118. The Kier molecular flexibility index (Phi) is 6.65. The van der Waals surface area contributed by atoms with Crippen LogP contribution in [-0.2, 0) is 9.84 Å². The first kappa shape index (κ1) is 22.7. The second-order valence-electron chi connectivity index (χ2n) is 7.95. The fourth-order valence-electron chi connectivity index (χ4n) is 3.64. The number of ether oxygens (including phenoxy) is 1. The molecule has 1 amide bonds. The van der Waals surface area contributed by atoms with Crippen LogP contribution in [0.15, 0.2) is 53.4 Å². The zero-order valence-electron chi connectivity index (χ0n) is 17.0. The first-order valence-electron chi connectivity index (χ1n) is 9.69. The van der Waals surface area contributed by atoms with Gasteiger partial charge < -0.3 is 20.3 Å². The molecule has 0 heterocycles. The van der Waals surface area contributed by atoms with Crippen LogP contribution in [0.1, 0.15) is 28.8 Å². The van der Waals surface area contributed by atoms with Crippen LogP contribution in [0.25, 0.3) is 0 Å². The predicted molar refractivity (Wildman–Crippen MR) is 112 cm³/mol. The minimum atomic E-state index is -3.31. The van der Waals surface area contributed by atoms with Crippen molar-refractivity contribution in [2.45, 2.75) is 29.9 Å². The minimum Gasteiger partial charge on any atom is -0.493 e. The molecule has 1 saturated carbocycles. The van der Waals surface area contributed by atoms with Crippen molar-refractivity contribution in [3.8, 4) is 11.8 Å². The van der Waals surface area contributed by atoms with E-state index in [1.54, 1.807) is 36.4 Å². The number of nitriles is 1. The van der Waals surface area contributed by atoms with E-state index in [2.05, 4.69) is 5.32 Å². The lowest BCUT2D eigenvalue weighted by molar-refractivity contribution is 0.0438. The van der Waals surface area contributed by atoms with Crippen LogP contribution < -0.4 is 10.1 Å². The van der Waals surface area contributed by atoms with Gasteiger partial charge in [-0.2, -0.15) is 5.26 Å². The van der Waals surface area contributed by atoms with Crippen molar-refractivity contribution in [3.63, 3.8) is 0 Å². The van der Waals surface area contributed by atoms with Crippen LogP contribution in [0, 0.1) is 16.7 Å². The third-order valence-corrected chi connectivity index (χ3v) is 6.55. The molecule has 0 radical (unpaired) electrons. The summed E-state index contributed by atoms with van der Waals surface area (Å²) < 4.78 is 29.0. The lowest BCUT2D eigenvalue weighted by Gasteiger charge is -2.29. The van der Waals surface area contributed by atoms with Gasteiger partial charge in [0.15, 0.2) is 9.84 Å². The molecular formula is C22H24N2O6S. The van der Waals surface area contributed by atoms with Crippen LogP contribution in [0.3, 0.4) is 0 Å². The van der Waals surface area contributed by atoms with E-state index in [0.29, 0.717) is 16.9 Å². The molecule has 1 aliphatic rings. The van der Waals surface area contributed by atoms with Gasteiger partial charge in [-0.3, -0.25) is 4.79 Å². The lowest BCUT2D eigenvalue weighted by Crippen LogP contribution is -2.40. The first-order valence-corrected chi connectivity index (χ1v) is 11.6. The van der Waals surface area contributed by atoms with Gasteiger partial charge in [-0.05, 0) is 61.4 Å². The van der Waals surface area contributed by atoms with Crippen molar-refractivity contribution >= 4 is 15.7 Å². The van der Waals surface area contributed by atoms with E-state index in [-0.39, 0.29) is 36.8 Å². The zero-order valence-corrected chi connectivity index (χ0v) is 17.8. The molecule has 0 bridgehead atoms. The van der Waals surface area contributed by atoms with Gasteiger partial charge in [0, 0.05) is 23.8 Å². The Hall–Kier alpha value is -2.93. The van der Waals surface area contributed by atoms with Crippen molar-refractivity contribution in [2.75, 3.05) is 19.4 Å². The highest BCUT2D eigenvalue weighted by molar-refractivity contribution is 7.90. The molecule has 2 aromatic carbocycles. The third-order valence-electron chi connectivity index (χ3n) is 5.43. The number of amides is 1. The summed E-state index contributed by atoms with van der Waals surface area (Å²) in [6, 6.07) is 14.2. The highest BCUT2D eigenvalue weighted by Crippen LogP contribution is 2.39. The molecule has 1 fully saturated rings. The van der Waals surface area contributed by atoms with Crippen molar-refractivity contribution in [1.29, 1.82) is 5.26 Å². The zero-order chi connectivity index (χ0) is 22.6. The molecule has 1 aliphatic carbocycles. The van der Waals surface area contributed by atoms with Crippen molar-refractivity contribution in [3.05, 3.63) is 59.7 Å². The van der Waals surface area contributed by atoms with E-state index in [0.717, 1.165) is 6.26 Å². The fourth-order valence-corrected chi connectivity index (χ4v) is 4.27. The smallest absolute Gasteiger partial charge is 0.251 e. The fraction of sp³-hybridized carbons (Fsp3) is 0.364. The van der Waals surface area contributed by atoms with Gasteiger partial charge in [-0.15, -0.1) is 0 Å². The van der Waals surface area contributed by atoms with Gasteiger partial charge in [-0.1, -0.05) is 0 Å². The predicted octanol–water partition coefficient (Wildman–Crippen LogP) is 1.27. The number of aliphatic hydroxyl groups excluding tert-OH is 2. The van der Waals surface area contributed by atoms with E-state index in [9.17, 15) is 23.4 Å². The maximum Gasteiger partial charge on any atom is 0.251 e. The third kappa shape index (κ3) is 5.61. The summed E-state index contributed by atoms with van der Waals surface area (Å²) in [5, 5.41) is 31.8. The molecule has 0 aliphatic heterocycles. The Morgan fingerprint density at radius 3 is 2.23 bits per heavy atom. The summed E-state index contributed by atoms with van der Waals surface area (Å²) in [6.45, 7) is 0.286. The van der Waals surface area contributed by atoms with Crippen molar-refractivity contribution < 1.29 is 28.2 Å². The van der Waals surface area contributed by atoms with E-state index in [1.165, 1.54) is 12.1 Å². The first-order chi connectivity index (χ1) is 14.6. The lowest BCUT2D eigenvalue weighted by atomic mass is 9.86. The summed E-state index contributed by atoms with van der Waals surface area (Å²) in [6.07, 6.45) is -0.256. The SMILES string of the molecule is CS(=O)(=O)c1ccc(OCC2(CNC(=O)c3ccc(C#N)cc3)CC(O)C(O)C2)cc1. The van der Waals surface area contributed by atoms with Crippen LogP contribution in [0.2, 0.25) is 0 Å². The number of rotatable bonds is 7. The number of hydrogen-bond acceptors (Lipinski definition) is 7. The van der Waals surface area contributed by atoms with Crippen LogP contribution in [-0.4, -0.2) is 56.2 Å². The molecule has 0 spiro atoms. The molecule has 164 valence electrons. The monoisotopic (exact) mass is 444 g/mol. The maximum atomic E-state index is 12.5. The van der Waals surface area contributed by atoms with Crippen LogP contribution >= 0.6 is 0 Å². The summed E-state index contributed by atoms with van der Waals surface area (Å²) in [5.41, 5.74) is 0.146.